The minimum Gasteiger partial charge on any atom is -0.355 e. The topological polar surface area (TPSA) is 59.6 Å². The third-order valence-corrected chi connectivity index (χ3v) is 5.41. The molecule has 0 unspecified atom stereocenters. The minimum atomic E-state index is -0.0129. The van der Waals surface area contributed by atoms with Gasteiger partial charge in [0.1, 0.15) is 5.52 Å². The molecule has 4 rings (SSSR count). The summed E-state index contributed by atoms with van der Waals surface area (Å²) in [6.07, 6.45) is 3.31. The number of hydrogen-bond acceptors (Lipinski definition) is 3. The molecule has 2 N–H and O–H groups in total. The van der Waals surface area contributed by atoms with Crippen LogP contribution in [0.5, 0.6) is 0 Å². The van der Waals surface area contributed by atoms with Crippen molar-refractivity contribution >= 4 is 16.8 Å². The van der Waals surface area contributed by atoms with E-state index in [0.717, 1.165) is 42.4 Å². The summed E-state index contributed by atoms with van der Waals surface area (Å²) in [5, 5.41) is 8.21. The first kappa shape index (κ1) is 17.7. The van der Waals surface area contributed by atoms with Crippen LogP contribution in [0.2, 0.25) is 0 Å². The Hall–Kier alpha value is -2.66. The Labute approximate surface area is 159 Å². The number of carbonyl (C=O) groups is 1. The zero-order valence-corrected chi connectivity index (χ0v) is 15.7. The van der Waals surface area contributed by atoms with Crippen LogP contribution in [0.3, 0.4) is 0 Å². The van der Waals surface area contributed by atoms with E-state index in [1.807, 2.05) is 48.5 Å². The fourth-order valence-electron chi connectivity index (χ4n) is 3.92. The van der Waals surface area contributed by atoms with Gasteiger partial charge in [-0.15, -0.1) is 0 Å². The molecule has 1 aromatic heterocycles. The van der Waals surface area contributed by atoms with E-state index >= 15 is 0 Å². The maximum atomic E-state index is 12.8. The first-order chi connectivity index (χ1) is 13.2. The van der Waals surface area contributed by atoms with Gasteiger partial charge < -0.3 is 14.7 Å². The maximum Gasteiger partial charge on any atom is 0.251 e. The van der Waals surface area contributed by atoms with Crippen LogP contribution < -0.4 is 10.2 Å². The van der Waals surface area contributed by atoms with Gasteiger partial charge in [0, 0.05) is 30.0 Å². The van der Waals surface area contributed by atoms with E-state index in [1.165, 1.54) is 13.0 Å². The number of aromatic nitrogens is 1. The van der Waals surface area contributed by atoms with Crippen LogP contribution in [0.4, 0.5) is 0 Å². The number of piperidine rings is 1. The van der Waals surface area contributed by atoms with Crippen molar-refractivity contribution in [3.05, 3.63) is 54.1 Å². The molecule has 2 aromatic carbocycles. The molecule has 3 aromatic rings. The summed E-state index contributed by atoms with van der Waals surface area (Å²) >= 11 is 0. The van der Waals surface area contributed by atoms with Crippen LogP contribution in [0.1, 0.15) is 36.5 Å². The third kappa shape index (κ3) is 3.88. The maximum absolute atomic E-state index is 12.8. The van der Waals surface area contributed by atoms with Crippen LogP contribution in [0.15, 0.2) is 53.1 Å². The van der Waals surface area contributed by atoms with E-state index in [2.05, 4.69) is 17.4 Å². The average Bonchev–Trinajstić information content (AvgIpc) is 3.13. The lowest BCUT2D eigenvalue weighted by molar-refractivity contribution is -0.905. The van der Waals surface area contributed by atoms with Crippen molar-refractivity contribution in [1.82, 2.24) is 10.5 Å². The van der Waals surface area contributed by atoms with E-state index in [0.29, 0.717) is 11.3 Å². The van der Waals surface area contributed by atoms with Crippen molar-refractivity contribution in [2.24, 2.45) is 0 Å². The molecule has 140 valence electrons. The van der Waals surface area contributed by atoms with Crippen molar-refractivity contribution in [2.75, 3.05) is 19.6 Å². The van der Waals surface area contributed by atoms with Crippen molar-refractivity contribution in [3.63, 3.8) is 0 Å². The second-order valence-corrected chi connectivity index (χ2v) is 7.36. The zero-order chi connectivity index (χ0) is 18.6. The van der Waals surface area contributed by atoms with Crippen LogP contribution in [0.25, 0.3) is 22.2 Å². The number of nitrogens with zero attached hydrogens (tertiary/aromatic N) is 1. The number of amides is 1. The number of quaternary nitrogens is 1. The Morgan fingerprint density at radius 2 is 1.96 bits per heavy atom. The van der Waals surface area contributed by atoms with Crippen LogP contribution in [-0.2, 0) is 0 Å². The summed E-state index contributed by atoms with van der Waals surface area (Å²) in [7, 11) is 0. The molecule has 0 radical (unpaired) electrons. The number of rotatable bonds is 5. The molecule has 1 fully saturated rings. The standard InChI is InChI=1S/C22H25N3O2/c1-2-12-25-13-10-18(11-14-25)23-22(26)17-8-9-20-19(15-17)21(27-24-20)16-6-4-3-5-7-16/h3-9,15,18H,2,10-14H2,1H3,(H,23,26)/p+1. The second-order valence-electron chi connectivity index (χ2n) is 7.36. The van der Waals surface area contributed by atoms with E-state index in [9.17, 15) is 4.79 Å². The van der Waals surface area contributed by atoms with E-state index in [-0.39, 0.29) is 11.9 Å². The van der Waals surface area contributed by atoms with Gasteiger partial charge in [-0.2, -0.15) is 0 Å². The molecule has 0 saturated carbocycles. The Morgan fingerprint density at radius 3 is 2.70 bits per heavy atom. The van der Waals surface area contributed by atoms with Crippen LogP contribution in [-0.4, -0.2) is 36.7 Å². The fraction of sp³-hybridized carbons (Fsp3) is 0.364. The molecule has 0 aliphatic carbocycles. The summed E-state index contributed by atoms with van der Waals surface area (Å²) in [6, 6.07) is 15.7. The molecule has 27 heavy (non-hydrogen) atoms. The highest BCUT2D eigenvalue weighted by atomic mass is 16.5. The van der Waals surface area contributed by atoms with E-state index in [1.54, 1.807) is 4.90 Å². The Kier molecular flexibility index (Phi) is 5.21. The Balaban J connectivity index is 1.50. The smallest absolute Gasteiger partial charge is 0.251 e. The zero-order valence-electron chi connectivity index (χ0n) is 15.7. The van der Waals surface area contributed by atoms with Crippen LogP contribution >= 0.6 is 0 Å². The van der Waals surface area contributed by atoms with Gasteiger partial charge in [0.15, 0.2) is 5.76 Å². The van der Waals surface area contributed by atoms with Crippen molar-refractivity contribution < 1.29 is 14.2 Å². The van der Waals surface area contributed by atoms with Crippen molar-refractivity contribution in [2.45, 2.75) is 32.2 Å². The van der Waals surface area contributed by atoms with Crippen molar-refractivity contribution in [1.29, 1.82) is 0 Å². The molecule has 1 aliphatic heterocycles. The molecule has 1 amide bonds. The molecule has 0 bridgehead atoms. The highest BCUT2D eigenvalue weighted by Crippen LogP contribution is 2.29. The molecule has 1 aliphatic rings. The molecule has 5 heteroatoms. The normalized spacial score (nSPS) is 19.9. The number of benzene rings is 2. The Bertz CT molecular complexity index is 912. The van der Waals surface area contributed by atoms with Gasteiger partial charge in [-0.3, -0.25) is 4.79 Å². The highest BCUT2D eigenvalue weighted by molar-refractivity contribution is 6.01. The summed E-state index contributed by atoms with van der Waals surface area (Å²) < 4.78 is 5.54. The number of nitrogens with one attached hydrogen (secondary N) is 2. The average molecular weight is 364 g/mol. The highest BCUT2D eigenvalue weighted by Gasteiger charge is 2.23. The van der Waals surface area contributed by atoms with E-state index in [4.69, 9.17) is 4.52 Å². The molecule has 0 atom stereocenters. The number of hydrogen-bond donors (Lipinski definition) is 2. The lowest BCUT2D eigenvalue weighted by Crippen LogP contribution is -3.13. The Morgan fingerprint density at radius 1 is 1.19 bits per heavy atom. The summed E-state index contributed by atoms with van der Waals surface area (Å²) in [5.74, 6) is 0.692. The molecule has 2 heterocycles. The van der Waals surface area contributed by atoms with Gasteiger partial charge in [0.05, 0.1) is 25.0 Å². The monoisotopic (exact) mass is 364 g/mol. The number of likely N-dealkylation sites (tertiary alicyclic amines) is 1. The predicted molar refractivity (Wildman–Crippen MR) is 106 cm³/mol. The second kappa shape index (κ2) is 7.92. The fourth-order valence-corrected chi connectivity index (χ4v) is 3.92. The SMILES string of the molecule is CCC[NH+]1CCC(NC(=O)c2ccc3noc(-c4ccccc4)c3c2)CC1. The summed E-state index contributed by atoms with van der Waals surface area (Å²) in [6.45, 7) is 5.74. The summed E-state index contributed by atoms with van der Waals surface area (Å²) in [5.41, 5.74) is 2.39. The first-order valence-electron chi connectivity index (χ1n) is 9.84. The number of carbonyl (C=O) groups excluding carboxylic acids is 1. The number of fused-ring (bicyclic) bond motifs is 1. The molecule has 1 saturated heterocycles. The van der Waals surface area contributed by atoms with Gasteiger partial charge in [-0.25, -0.2) is 0 Å². The van der Waals surface area contributed by atoms with E-state index < -0.39 is 0 Å². The predicted octanol–water partition coefficient (Wildman–Crippen LogP) is 2.68. The quantitative estimate of drug-likeness (QED) is 0.732. The largest absolute Gasteiger partial charge is 0.355 e. The summed E-state index contributed by atoms with van der Waals surface area (Å²) in [4.78, 5) is 14.4. The third-order valence-electron chi connectivity index (χ3n) is 5.41. The first-order valence-corrected chi connectivity index (χ1v) is 9.84. The van der Waals surface area contributed by atoms with Gasteiger partial charge in [-0.1, -0.05) is 42.4 Å². The van der Waals surface area contributed by atoms with Crippen molar-refractivity contribution in [3.8, 4) is 11.3 Å². The molecular formula is C22H26N3O2+. The molecule has 0 spiro atoms. The minimum absolute atomic E-state index is 0.0129. The lowest BCUT2D eigenvalue weighted by Gasteiger charge is -2.29. The molecular weight excluding hydrogens is 338 g/mol. The lowest BCUT2D eigenvalue weighted by atomic mass is 10.0. The van der Waals surface area contributed by atoms with Gasteiger partial charge in [-0.05, 0) is 24.6 Å². The van der Waals surface area contributed by atoms with Gasteiger partial charge >= 0.3 is 0 Å². The van der Waals surface area contributed by atoms with Gasteiger partial charge in [0.2, 0.25) is 0 Å². The molecule has 5 nitrogen and oxygen atoms in total. The van der Waals surface area contributed by atoms with Gasteiger partial charge in [0.25, 0.3) is 5.91 Å². The van der Waals surface area contributed by atoms with Crippen LogP contribution in [0, 0.1) is 0 Å².